The molecule has 2 aliphatic heterocycles. The summed E-state index contributed by atoms with van der Waals surface area (Å²) in [5, 5.41) is 0. The Balaban J connectivity index is 2.31. The molecule has 2 aliphatic rings. The van der Waals surface area contributed by atoms with Gasteiger partial charge in [0.1, 0.15) is 5.71 Å². The maximum absolute atomic E-state index is 6.84. The fourth-order valence-electron chi connectivity index (χ4n) is 5.46. The molecule has 0 saturated heterocycles. The normalized spacial score (nSPS) is 17.5. The summed E-state index contributed by atoms with van der Waals surface area (Å²) in [5.74, 6) is 0. The third kappa shape index (κ3) is 3.44. The van der Waals surface area contributed by atoms with E-state index in [2.05, 4.69) is 70.4 Å². The number of hydrogen-bond donors (Lipinski definition) is 0. The Labute approximate surface area is 183 Å². The Hall–Kier alpha value is -1.59. The van der Waals surface area contributed by atoms with E-state index >= 15 is 0 Å². The van der Waals surface area contributed by atoms with Gasteiger partial charge in [-0.25, -0.2) is 0 Å². The maximum Gasteiger partial charge on any atom is 0.666 e. The molecule has 4 nitrogen and oxygen atoms in total. The van der Waals surface area contributed by atoms with E-state index in [-0.39, 0.29) is 0 Å². The van der Waals surface area contributed by atoms with Gasteiger partial charge in [-0.05, 0) is 63.3 Å². The van der Waals surface area contributed by atoms with Crippen molar-refractivity contribution >= 4 is 18.6 Å². The second-order valence-corrected chi connectivity index (χ2v) is 8.82. The predicted molar refractivity (Wildman–Crippen MR) is 128 cm³/mol. The van der Waals surface area contributed by atoms with Crippen LogP contribution in [0.15, 0.2) is 16.8 Å². The number of nitrogens with zero attached hydrogens (tertiary/aromatic N) is 2. The summed E-state index contributed by atoms with van der Waals surface area (Å²) in [5.41, 5.74) is 10.6. The molecule has 3 heterocycles. The molecule has 0 N–H and O–H groups in total. The molecule has 0 atom stereocenters. The van der Waals surface area contributed by atoms with Crippen LogP contribution in [0.3, 0.4) is 0 Å². The minimum atomic E-state index is -1.85. The first-order valence-electron chi connectivity index (χ1n) is 12.1. The van der Waals surface area contributed by atoms with Crippen LogP contribution in [0.1, 0.15) is 96.2 Å². The number of aromatic nitrogens is 1. The minimum Gasteiger partial charge on any atom is -0.483 e. The highest BCUT2D eigenvalue weighted by molar-refractivity contribution is 6.59. The van der Waals surface area contributed by atoms with Crippen molar-refractivity contribution in [3.8, 4) is 0 Å². The highest BCUT2D eigenvalue weighted by Crippen LogP contribution is 2.41. The van der Waals surface area contributed by atoms with Crippen LogP contribution in [0.4, 0.5) is 0 Å². The molecule has 30 heavy (non-hydrogen) atoms. The summed E-state index contributed by atoms with van der Waals surface area (Å²) >= 11 is 0. The molecule has 3 rings (SSSR count). The molecule has 0 unspecified atom stereocenters. The van der Waals surface area contributed by atoms with Gasteiger partial charge in [-0.1, -0.05) is 40.5 Å². The van der Waals surface area contributed by atoms with E-state index in [4.69, 9.17) is 9.31 Å². The van der Waals surface area contributed by atoms with Gasteiger partial charge in [0.15, 0.2) is 5.70 Å². The second-order valence-electron chi connectivity index (χ2n) is 8.82. The Morgan fingerprint density at radius 2 is 1.50 bits per heavy atom. The van der Waals surface area contributed by atoms with Gasteiger partial charge in [0.2, 0.25) is 0 Å². The average Bonchev–Trinajstić information content (AvgIpc) is 3.12. The van der Waals surface area contributed by atoms with Crippen LogP contribution < -0.4 is 0 Å². The van der Waals surface area contributed by atoms with Gasteiger partial charge in [-0.2, -0.15) is 0 Å². The molecule has 0 bridgehead atoms. The molecular weight excluding hydrogens is 371 g/mol. The lowest BCUT2D eigenvalue weighted by molar-refractivity contribution is -0.385. The molecule has 0 aromatic carbocycles. The van der Waals surface area contributed by atoms with Crippen molar-refractivity contribution in [2.75, 3.05) is 13.2 Å². The third-order valence-electron chi connectivity index (χ3n) is 7.09. The molecule has 0 radical (unpaired) electrons. The molecule has 1 aromatic rings. The zero-order valence-corrected chi connectivity index (χ0v) is 20.5. The number of allylic oxidation sites excluding steroid dienone is 2. The highest BCUT2D eigenvalue weighted by atomic mass is 16.6. The van der Waals surface area contributed by atoms with Crippen LogP contribution >= 0.6 is 0 Å². The summed E-state index contributed by atoms with van der Waals surface area (Å²) in [6, 6.07) is 0. The lowest BCUT2D eigenvalue weighted by atomic mass is 9.81. The Kier molecular flexibility index (Phi) is 7.14. The zero-order valence-electron chi connectivity index (χ0n) is 20.5. The smallest absolute Gasteiger partial charge is 0.483 e. The van der Waals surface area contributed by atoms with Crippen molar-refractivity contribution in [2.24, 2.45) is 0 Å². The third-order valence-corrected chi connectivity index (χ3v) is 7.09. The molecule has 0 spiro atoms. The Morgan fingerprint density at radius 3 is 2.00 bits per heavy atom. The van der Waals surface area contributed by atoms with Crippen molar-refractivity contribution in [2.45, 2.75) is 93.9 Å². The van der Waals surface area contributed by atoms with E-state index in [1.165, 1.54) is 45.1 Å². The van der Waals surface area contributed by atoms with E-state index in [1.54, 1.807) is 0 Å². The van der Waals surface area contributed by atoms with E-state index in [0.717, 1.165) is 38.5 Å². The van der Waals surface area contributed by atoms with E-state index < -0.39 is 6.82 Å². The summed E-state index contributed by atoms with van der Waals surface area (Å²) in [4.78, 5) is 0. The summed E-state index contributed by atoms with van der Waals surface area (Å²) in [7, 11) is 0. The van der Waals surface area contributed by atoms with Crippen LogP contribution in [0.25, 0.3) is 6.08 Å². The first-order valence-corrected chi connectivity index (χ1v) is 12.1. The molecule has 166 valence electrons. The SMILES string of the molecule is CCCCO[B-]1(OCCCC)n2c(C)c(CC)c(C)c2C=C2C(C)=C(CC)C(C)=[N+]21. The molecular formula is C25H41BN2O2. The van der Waals surface area contributed by atoms with Crippen LogP contribution in [0.2, 0.25) is 0 Å². The monoisotopic (exact) mass is 412 g/mol. The summed E-state index contributed by atoms with van der Waals surface area (Å²) in [6.45, 7) is 17.5. The quantitative estimate of drug-likeness (QED) is 0.340. The lowest BCUT2D eigenvalue weighted by Gasteiger charge is -2.42. The molecule has 1 aromatic heterocycles. The van der Waals surface area contributed by atoms with Gasteiger partial charge in [0, 0.05) is 43.1 Å². The van der Waals surface area contributed by atoms with Gasteiger partial charge in [0.05, 0.1) is 0 Å². The summed E-state index contributed by atoms with van der Waals surface area (Å²) in [6.07, 6.45) is 8.71. The highest BCUT2D eigenvalue weighted by Gasteiger charge is 2.55. The number of fused-ring (bicyclic) bond motifs is 2. The number of rotatable bonds is 10. The number of hydrogen-bond acceptors (Lipinski definition) is 2. The van der Waals surface area contributed by atoms with Crippen LogP contribution in [0, 0.1) is 13.8 Å². The van der Waals surface area contributed by atoms with Gasteiger partial charge in [0.25, 0.3) is 0 Å². The largest absolute Gasteiger partial charge is 0.666 e. The Bertz CT molecular complexity index is 895. The number of unbranched alkanes of at least 4 members (excludes halogenated alkanes) is 2. The van der Waals surface area contributed by atoms with E-state index in [0.29, 0.717) is 13.2 Å². The van der Waals surface area contributed by atoms with E-state index in [9.17, 15) is 0 Å². The molecule has 0 saturated carbocycles. The first kappa shape index (κ1) is 23.1. The van der Waals surface area contributed by atoms with Gasteiger partial charge < -0.3 is 18.3 Å². The van der Waals surface area contributed by atoms with Crippen molar-refractivity contribution in [1.29, 1.82) is 0 Å². The van der Waals surface area contributed by atoms with Gasteiger partial charge in [-0.3, -0.25) is 0 Å². The topological polar surface area (TPSA) is 26.4 Å². The first-order chi connectivity index (χ1) is 14.4. The summed E-state index contributed by atoms with van der Waals surface area (Å²) < 4.78 is 18.5. The fraction of sp³-hybridized carbons (Fsp3) is 0.640. The van der Waals surface area contributed by atoms with Crippen LogP contribution in [0.5, 0.6) is 0 Å². The van der Waals surface area contributed by atoms with Crippen LogP contribution in [-0.2, 0) is 15.7 Å². The molecule has 5 heteroatoms. The van der Waals surface area contributed by atoms with Crippen LogP contribution in [-0.4, -0.2) is 34.7 Å². The van der Waals surface area contributed by atoms with E-state index in [1.807, 2.05) is 0 Å². The molecule has 0 amide bonds. The fourth-order valence-corrected chi connectivity index (χ4v) is 5.46. The van der Waals surface area contributed by atoms with Crippen molar-refractivity contribution in [3.05, 3.63) is 39.4 Å². The van der Waals surface area contributed by atoms with Gasteiger partial charge in [-0.15, -0.1) is 0 Å². The Morgan fingerprint density at radius 1 is 0.900 bits per heavy atom. The standard InChI is InChI=1S/C25H41BN2O2/c1-9-13-15-29-26(30-16-14-10-2)27-20(7)22(11-3)18(5)24(27)17-25-19(6)23(12-4)21(8)28(25)26/h17H,9-16H2,1-8H3. The lowest BCUT2D eigenvalue weighted by Crippen LogP contribution is -2.62. The predicted octanol–water partition coefficient (Wildman–Crippen LogP) is 6.15. The van der Waals surface area contributed by atoms with Crippen molar-refractivity contribution < 1.29 is 13.8 Å². The maximum atomic E-state index is 6.84. The molecule has 0 fully saturated rings. The second kappa shape index (κ2) is 9.27. The molecule has 0 aliphatic carbocycles. The minimum absolute atomic E-state index is 0.706. The average molecular weight is 412 g/mol. The van der Waals surface area contributed by atoms with Gasteiger partial charge >= 0.3 is 6.82 Å². The zero-order chi connectivity index (χ0) is 22.1. The van der Waals surface area contributed by atoms with Crippen molar-refractivity contribution in [1.82, 2.24) is 4.48 Å². The van der Waals surface area contributed by atoms with Crippen molar-refractivity contribution in [3.63, 3.8) is 0 Å².